The van der Waals surface area contributed by atoms with Crippen LogP contribution in [0.3, 0.4) is 0 Å². The molecule has 1 aliphatic heterocycles. The summed E-state index contributed by atoms with van der Waals surface area (Å²) in [5.41, 5.74) is 0. The molecule has 17 heavy (non-hydrogen) atoms. The first kappa shape index (κ1) is 13.3. The molecular weight excluding hydrogens is 282 g/mol. The number of carbonyl (C=O) groups excluding carboxylic acids is 1. The van der Waals surface area contributed by atoms with Gasteiger partial charge in [0.25, 0.3) is 0 Å². The smallest absolute Gasteiger partial charge is 0.226 e. The molecule has 1 heterocycles. The van der Waals surface area contributed by atoms with E-state index in [1.165, 1.54) is 12.8 Å². The average Bonchev–Trinajstić information content (AvgIpc) is 2.80. The number of alkyl halides is 1. The van der Waals surface area contributed by atoms with Crippen LogP contribution in [0.1, 0.15) is 45.4 Å². The molecule has 1 amide bonds. The van der Waals surface area contributed by atoms with E-state index in [0.717, 1.165) is 32.3 Å². The van der Waals surface area contributed by atoms with Gasteiger partial charge >= 0.3 is 0 Å². The summed E-state index contributed by atoms with van der Waals surface area (Å²) < 4.78 is 5.57. The predicted octanol–water partition coefficient (Wildman–Crippen LogP) is 2.62. The van der Waals surface area contributed by atoms with Crippen LogP contribution in [0.4, 0.5) is 0 Å². The van der Waals surface area contributed by atoms with Gasteiger partial charge in [-0.25, -0.2) is 0 Å². The van der Waals surface area contributed by atoms with E-state index in [0.29, 0.717) is 10.9 Å². The number of hydrogen-bond acceptors (Lipinski definition) is 2. The van der Waals surface area contributed by atoms with E-state index in [1.54, 1.807) is 0 Å². The molecule has 2 fully saturated rings. The summed E-state index contributed by atoms with van der Waals surface area (Å²) in [6.07, 6.45) is 6.51. The lowest BCUT2D eigenvalue weighted by Gasteiger charge is -2.27. The zero-order valence-electron chi connectivity index (χ0n) is 10.5. The Morgan fingerprint density at radius 1 is 1.29 bits per heavy atom. The second-order valence-corrected chi connectivity index (χ2v) is 6.47. The Morgan fingerprint density at radius 3 is 2.65 bits per heavy atom. The van der Waals surface area contributed by atoms with Crippen molar-refractivity contribution >= 4 is 21.8 Å². The van der Waals surface area contributed by atoms with Crippen molar-refractivity contribution in [2.24, 2.45) is 5.92 Å². The van der Waals surface area contributed by atoms with Gasteiger partial charge in [-0.3, -0.25) is 4.79 Å². The monoisotopic (exact) mass is 303 g/mol. The van der Waals surface area contributed by atoms with Crippen LogP contribution in [0.15, 0.2) is 0 Å². The molecule has 0 radical (unpaired) electrons. The van der Waals surface area contributed by atoms with E-state index in [1.807, 2.05) is 0 Å². The van der Waals surface area contributed by atoms with Crippen molar-refractivity contribution in [1.29, 1.82) is 0 Å². The second kappa shape index (κ2) is 6.19. The third-order valence-corrected chi connectivity index (χ3v) is 4.87. The summed E-state index contributed by atoms with van der Waals surface area (Å²) in [5, 5.41) is 3.21. The third-order valence-electron chi connectivity index (χ3n) is 3.95. The lowest BCUT2D eigenvalue weighted by molar-refractivity contribution is -0.127. The minimum Gasteiger partial charge on any atom is -0.377 e. The van der Waals surface area contributed by atoms with E-state index in [4.69, 9.17) is 4.74 Å². The lowest BCUT2D eigenvalue weighted by Crippen LogP contribution is -2.43. The van der Waals surface area contributed by atoms with Crippen LogP contribution < -0.4 is 5.32 Å². The topological polar surface area (TPSA) is 38.3 Å². The van der Waals surface area contributed by atoms with E-state index < -0.39 is 0 Å². The quantitative estimate of drug-likeness (QED) is 0.814. The van der Waals surface area contributed by atoms with E-state index in [2.05, 4.69) is 28.2 Å². The molecule has 1 aliphatic carbocycles. The Balaban J connectivity index is 1.80. The van der Waals surface area contributed by atoms with Crippen LogP contribution in [-0.2, 0) is 9.53 Å². The highest BCUT2D eigenvalue weighted by Gasteiger charge is 2.34. The van der Waals surface area contributed by atoms with Crippen molar-refractivity contribution in [2.75, 3.05) is 6.61 Å². The van der Waals surface area contributed by atoms with Gasteiger partial charge in [-0.1, -0.05) is 22.9 Å². The molecule has 1 saturated carbocycles. The molecule has 2 rings (SSSR count). The number of halogens is 1. The highest BCUT2D eigenvalue weighted by atomic mass is 79.9. The predicted molar refractivity (Wildman–Crippen MR) is 71.3 cm³/mol. The SMILES string of the molecule is CCC1OCCC1C(=O)NC1CCC(Br)CC1. The van der Waals surface area contributed by atoms with Gasteiger partial charge in [0.1, 0.15) is 0 Å². The number of hydrogen-bond donors (Lipinski definition) is 1. The second-order valence-electron chi connectivity index (χ2n) is 5.17. The van der Waals surface area contributed by atoms with E-state index in [9.17, 15) is 4.79 Å². The zero-order chi connectivity index (χ0) is 12.3. The molecule has 2 unspecified atom stereocenters. The van der Waals surface area contributed by atoms with Gasteiger partial charge < -0.3 is 10.1 Å². The van der Waals surface area contributed by atoms with Gasteiger partial charge in [0.05, 0.1) is 12.0 Å². The van der Waals surface area contributed by atoms with Crippen molar-refractivity contribution in [3.63, 3.8) is 0 Å². The van der Waals surface area contributed by atoms with Crippen molar-refractivity contribution in [2.45, 2.75) is 62.4 Å². The fraction of sp³-hybridized carbons (Fsp3) is 0.923. The molecule has 0 aromatic rings. The number of rotatable bonds is 3. The molecule has 0 bridgehead atoms. The molecule has 2 atom stereocenters. The summed E-state index contributed by atoms with van der Waals surface area (Å²) in [7, 11) is 0. The summed E-state index contributed by atoms with van der Waals surface area (Å²) >= 11 is 3.64. The average molecular weight is 304 g/mol. The van der Waals surface area contributed by atoms with Gasteiger partial charge in [0.15, 0.2) is 0 Å². The summed E-state index contributed by atoms with van der Waals surface area (Å²) in [6, 6.07) is 0.384. The molecule has 2 aliphatic rings. The third kappa shape index (κ3) is 3.44. The Hall–Kier alpha value is -0.0900. The van der Waals surface area contributed by atoms with Crippen LogP contribution in [0.25, 0.3) is 0 Å². The van der Waals surface area contributed by atoms with E-state index in [-0.39, 0.29) is 17.9 Å². The fourth-order valence-corrected chi connectivity index (χ4v) is 3.38. The van der Waals surface area contributed by atoms with Crippen LogP contribution in [0.2, 0.25) is 0 Å². The Labute approximate surface area is 112 Å². The molecule has 0 aromatic carbocycles. The van der Waals surface area contributed by atoms with Crippen LogP contribution >= 0.6 is 15.9 Å². The molecule has 0 spiro atoms. The summed E-state index contributed by atoms with van der Waals surface area (Å²) in [5.74, 6) is 0.300. The van der Waals surface area contributed by atoms with Gasteiger partial charge in [-0.2, -0.15) is 0 Å². The van der Waals surface area contributed by atoms with E-state index >= 15 is 0 Å². The minimum atomic E-state index is 0.0849. The molecule has 0 aromatic heterocycles. The van der Waals surface area contributed by atoms with Crippen molar-refractivity contribution in [3.8, 4) is 0 Å². The first-order valence-corrected chi connectivity index (χ1v) is 7.68. The Bertz CT molecular complexity index is 264. The Kier molecular flexibility index (Phi) is 4.86. The van der Waals surface area contributed by atoms with Crippen LogP contribution in [0.5, 0.6) is 0 Å². The molecule has 4 heteroatoms. The van der Waals surface area contributed by atoms with Gasteiger partial charge in [0.2, 0.25) is 5.91 Å². The number of amides is 1. The summed E-state index contributed by atoms with van der Waals surface area (Å²) in [4.78, 5) is 12.8. The largest absolute Gasteiger partial charge is 0.377 e. The van der Waals surface area contributed by atoms with Crippen LogP contribution in [0, 0.1) is 5.92 Å². The number of ether oxygens (including phenoxy) is 1. The first-order chi connectivity index (χ1) is 8.20. The van der Waals surface area contributed by atoms with Crippen molar-refractivity contribution < 1.29 is 9.53 Å². The highest BCUT2D eigenvalue weighted by Crippen LogP contribution is 2.27. The number of nitrogens with one attached hydrogen (secondary N) is 1. The maximum absolute atomic E-state index is 12.2. The van der Waals surface area contributed by atoms with Crippen molar-refractivity contribution in [1.82, 2.24) is 5.32 Å². The molecule has 98 valence electrons. The number of carbonyl (C=O) groups is 1. The normalized spacial score (nSPS) is 38.0. The standard InChI is InChI=1S/C13H22BrNO2/c1-2-12-11(7-8-17-12)13(16)15-10-5-3-9(14)4-6-10/h9-12H,2-8H2,1H3,(H,15,16). The zero-order valence-corrected chi connectivity index (χ0v) is 12.0. The highest BCUT2D eigenvalue weighted by molar-refractivity contribution is 9.09. The van der Waals surface area contributed by atoms with Gasteiger partial charge in [-0.15, -0.1) is 0 Å². The van der Waals surface area contributed by atoms with Gasteiger partial charge in [0, 0.05) is 17.5 Å². The molecule has 3 nitrogen and oxygen atoms in total. The maximum atomic E-state index is 12.2. The molecular formula is C13H22BrNO2. The van der Waals surface area contributed by atoms with Crippen LogP contribution in [-0.4, -0.2) is 29.5 Å². The molecule has 1 N–H and O–H groups in total. The molecule has 1 saturated heterocycles. The first-order valence-electron chi connectivity index (χ1n) is 6.76. The Morgan fingerprint density at radius 2 is 2.00 bits per heavy atom. The minimum absolute atomic E-state index is 0.0849. The lowest BCUT2D eigenvalue weighted by atomic mass is 9.93. The summed E-state index contributed by atoms with van der Waals surface area (Å²) in [6.45, 7) is 2.83. The van der Waals surface area contributed by atoms with Gasteiger partial charge in [-0.05, 0) is 38.5 Å². The maximum Gasteiger partial charge on any atom is 0.226 e. The van der Waals surface area contributed by atoms with Crippen molar-refractivity contribution in [3.05, 3.63) is 0 Å². The fourth-order valence-electron chi connectivity index (χ4n) is 2.86.